The fraction of sp³-hybridized carbons (Fsp3) is 0.400. The summed E-state index contributed by atoms with van der Waals surface area (Å²) in [6.07, 6.45) is 2.23. The average molecular weight is 244 g/mol. The van der Waals surface area contributed by atoms with Gasteiger partial charge in [0.05, 0.1) is 10.6 Å². The van der Waals surface area contributed by atoms with Crippen molar-refractivity contribution in [2.45, 2.75) is 6.42 Å². The zero-order chi connectivity index (χ0) is 12.0. The molecule has 1 heterocycles. The van der Waals surface area contributed by atoms with E-state index in [2.05, 4.69) is 15.6 Å². The highest BCUT2D eigenvalue weighted by Gasteiger charge is 2.07. The molecule has 88 valence electrons. The first-order chi connectivity index (χ1) is 7.65. The van der Waals surface area contributed by atoms with Crippen LogP contribution in [0.25, 0.3) is 0 Å². The van der Waals surface area contributed by atoms with Crippen molar-refractivity contribution in [3.05, 3.63) is 22.8 Å². The van der Waals surface area contributed by atoms with E-state index in [9.17, 15) is 4.79 Å². The van der Waals surface area contributed by atoms with Gasteiger partial charge in [-0.1, -0.05) is 11.6 Å². The van der Waals surface area contributed by atoms with Gasteiger partial charge in [0.1, 0.15) is 5.82 Å². The number of aromatic nitrogens is 1. The van der Waals surface area contributed by atoms with Gasteiger partial charge in [0, 0.05) is 12.7 Å². The predicted octanol–water partition coefficient (Wildman–Crippen LogP) is 1.45. The summed E-state index contributed by atoms with van der Waals surface area (Å²) in [7, 11) is 1.88. The van der Waals surface area contributed by atoms with E-state index >= 15 is 0 Å². The van der Waals surface area contributed by atoms with Crippen molar-refractivity contribution in [1.29, 1.82) is 0 Å². The van der Waals surface area contributed by atoms with E-state index in [1.54, 1.807) is 0 Å². The Hall–Kier alpha value is -1.33. The Morgan fingerprint density at radius 1 is 1.56 bits per heavy atom. The van der Waals surface area contributed by atoms with Crippen LogP contribution in [0.15, 0.2) is 12.3 Å². The third kappa shape index (κ3) is 3.67. The largest absolute Gasteiger partial charge is 0.478 e. The number of halogens is 1. The second-order valence-electron chi connectivity index (χ2n) is 3.24. The minimum atomic E-state index is -1.03. The summed E-state index contributed by atoms with van der Waals surface area (Å²) < 4.78 is 0. The van der Waals surface area contributed by atoms with E-state index < -0.39 is 5.97 Å². The fourth-order valence-electron chi connectivity index (χ4n) is 1.16. The number of carbonyl (C=O) groups is 1. The lowest BCUT2D eigenvalue weighted by atomic mass is 10.3. The van der Waals surface area contributed by atoms with Crippen molar-refractivity contribution in [3.8, 4) is 0 Å². The van der Waals surface area contributed by atoms with Crippen LogP contribution in [0.3, 0.4) is 0 Å². The number of nitrogens with one attached hydrogen (secondary N) is 2. The summed E-state index contributed by atoms with van der Waals surface area (Å²) in [5.41, 5.74) is 0.0887. The topological polar surface area (TPSA) is 74.2 Å². The van der Waals surface area contributed by atoms with Crippen molar-refractivity contribution < 1.29 is 9.90 Å². The van der Waals surface area contributed by atoms with E-state index in [4.69, 9.17) is 16.7 Å². The van der Waals surface area contributed by atoms with Crippen molar-refractivity contribution >= 4 is 23.4 Å². The summed E-state index contributed by atoms with van der Waals surface area (Å²) in [6.45, 7) is 1.64. The fourth-order valence-corrected chi connectivity index (χ4v) is 1.39. The number of carboxylic acids is 1. The highest BCUT2D eigenvalue weighted by molar-refractivity contribution is 6.33. The lowest BCUT2D eigenvalue weighted by Gasteiger charge is -2.07. The first kappa shape index (κ1) is 12.7. The molecule has 0 amide bonds. The zero-order valence-electron chi connectivity index (χ0n) is 8.96. The molecule has 1 aromatic heterocycles. The molecule has 1 rings (SSSR count). The van der Waals surface area contributed by atoms with Crippen LogP contribution in [0.2, 0.25) is 5.02 Å². The number of anilines is 1. The molecule has 3 N–H and O–H groups in total. The molecule has 5 nitrogen and oxygen atoms in total. The van der Waals surface area contributed by atoms with Gasteiger partial charge in [0.15, 0.2) is 0 Å². The minimum Gasteiger partial charge on any atom is -0.478 e. The van der Waals surface area contributed by atoms with Gasteiger partial charge in [0.25, 0.3) is 0 Å². The molecular weight excluding hydrogens is 230 g/mol. The molecule has 0 fully saturated rings. The summed E-state index contributed by atoms with van der Waals surface area (Å²) in [4.78, 5) is 14.6. The van der Waals surface area contributed by atoms with Crippen molar-refractivity contribution in [3.63, 3.8) is 0 Å². The summed E-state index contributed by atoms with van der Waals surface area (Å²) in [5.74, 6) is -0.515. The Morgan fingerprint density at radius 2 is 2.31 bits per heavy atom. The highest BCUT2D eigenvalue weighted by atomic mass is 35.5. The van der Waals surface area contributed by atoms with Gasteiger partial charge in [-0.05, 0) is 26.1 Å². The van der Waals surface area contributed by atoms with Crippen LogP contribution >= 0.6 is 11.6 Å². The van der Waals surface area contributed by atoms with Gasteiger partial charge in [-0.15, -0.1) is 0 Å². The molecule has 0 saturated heterocycles. The van der Waals surface area contributed by atoms with Gasteiger partial charge in [-0.25, -0.2) is 9.78 Å². The lowest BCUT2D eigenvalue weighted by Crippen LogP contribution is -2.13. The molecule has 0 radical (unpaired) electrons. The molecule has 0 aliphatic carbocycles. The molecule has 0 atom stereocenters. The number of aromatic carboxylic acids is 1. The van der Waals surface area contributed by atoms with Gasteiger partial charge < -0.3 is 15.7 Å². The molecule has 0 aliphatic heterocycles. The van der Waals surface area contributed by atoms with E-state index in [0.717, 1.165) is 19.5 Å². The molecule has 0 unspecified atom stereocenters. The molecular formula is C10H14ClN3O2. The van der Waals surface area contributed by atoms with Crippen molar-refractivity contribution in [2.75, 3.05) is 25.5 Å². The summed E-state index contributed by atoms with van der Waals surface area (Å²) in [6, 6.07) is 1.39. The van der Waals surface area contributed by atoms with Crippen molar-refractivity contribution in [1.82, 2.24) is 10.3 Å². The number of carboxylic acid groups (broad SMARTS) is 1. The second kappa shape index (κ2) is 6.30. The number of pyridine rings is 1. The number of hydrogen-bond donors (Lipinski definition) is 3. The number of rotatable bonds is 6. The Morgan fingerprint density at radius 3 is 2.88 bits per heavy atom. The minimum absolute atomic E-state index is 0.0887. The number of nitrogens with zero attached hydrogens (tertiary/aromatic N) is 1. The SMILES string of the molecule is CNCCCNc1ncc(C(=O)O)cc1Cl. The Labute approximate surface area is 98.8 Å². The first-order valence-electron chi connectivity index (χ1n) is 4.92. The van der Waals surface area contributed by atoms with E-state index in [-0.39, 0.29) is 5.56 Å². The van der Waals surface area contributed by atoms with E-state index in [1.807, 2.05) is 7.05 Å². The zero-order valence-corrected chi connectivity index (χ0v) is 9.71. The van der Waals surface area contributed by atoms with Crippen molar-refractivity contribution in [2.24, 2.45) is 0 Å². The molecule has 0 aliphatic rings. The van der Waals surface area contributed by atoms with Crippen LogP contribution in [-0.4, -0.2) is 36.2 Å². The molecule has 6 heteroatoms. The maximum absolute atomic E-state index is 10.6. The Bertz CT molecular complexity index is 371. The van der Waals surface area contributed by atoms with Crippen LogP contribution < -0.4 is 10.6 Å². The molecule has 0 aromatic carbocycles. The highest BCUT2D eigenvalue weighted by Crippen LogP contribution is 2.19. The van der Waals surface area contributed by atoms with Crippen LogP contribution in [0.4, 0.5) is 5.82 Å². The molecule has 16 heavy (non-hydrogen) atoms. The van der Waals surface area contributed by atoms with E-state index in [1.165, 1.54) is 12.3 Å². The number of hydrogen-bond acceptors (Lipinski definition) is 4. The van der Waals surface area contributed by atoms with Crippen LogP contribution in [0.1, 0.15) is 16.8 Å². The lowest BCUT2D eigenvalue weighted by molar-refractivity contribution is 0.0696. The van der Waals surface area contributed by atoms with Crippen LogP contribution in [-0.2, 0) is 0 Å². The van der Waals surface area contributed by atoms with Crippen LogP contribution in [0.5, 0.6) is 0 Å². The van der Waals surface area contributed by atoms with Gasteiger partial charge in [-0.2, -0.15) is 0 Å². The van der Waals surface area contributed by atoms with Crippen LogP contribution in [0, 0.1) is 0 Å². The van der Waals surface area contributed by atoms with Gasteiger partial charge in [-0.3, -0.25) is 0 Å². The van der Waals surface area contributed by atoms with Gasteiger partial charge in [0.2, 0.25) is 0 Å². The summed E-state index contributed by atoms with van der Waals surface area (Å²) >= 11 is 5.88. The smallest absolute Gasteiger partial charge is 0.337 e. The standard InChI is InChI=1S/C10H14ClN3O2/c1-12-3-2-4-13-9-8(11)5-7(6-14-9)10(15)16/h5-6,12H,2-4H2,1H3,(H,13,14)(H,15,16). The second-order valence-corrected chi connectivity index (χ2v) is 3.65. The molecule has 0 bridgehead atoms. The normalized spacial score (nSPS) is 10.1. The maximum atomic E-state index is 10.6. The summed E-state index contributed by atoms with van der Waals surface area (Å²) in [5, 5.41) is 15.1. The Kier molecular flexibility index (Phi) is 5.01. The third-order valence-corrected chi connectivity index (χ3v) is 2.27. The quantitative estimate of drug-likeness (QED) is 0.660. The van der Waals surface area contributed by atoms with E-state index in [0.29, 0.717) is 10.8 Å². The predicted molar refractivity (Wildman–Crippen MR) is 63.2 cm³/mol. The third-order valence-electron chi connectivity index (χ3n) is 1.98. The molecule has 1 aromatic rings. The maximum Gasteiger partial charge on any atom is 0.337 e. The average Bonchev–Trinajstić information content (AvgIpc) is 2.26. The monoisotopic (exact) mass is 243 g/mol. The van der Waals surface area contributed by atoms with Gasteiger partial charge >= 0.3 is 5.97 Å². The first-order valence-corrected chi connectivity index (χ1v) is 5.30. The molecule has 0 spiro atoms. The molecule has 0 saturated carbocycles. The Balaban J connectivity index is 2.57.